The van der Waals surface area contributed by atoms with E-state index in [1.54, 1.807) is 7.11 Å². The molecule has 1 aliphatic carbocycles. The van der Waals surface area contributed by atoms with Crippen LogP contribution < -0.4 is 15.8 Å². The molecule has 0 aliphatic heterocycles. The summed E-state index contributed by atoms with van der Waals surface area (Å²) < 4.78 is 5.37. The van der Waals surface area contributed by atoms with Crippen LogP contribution in [0.3, 0.4) is 0 Å². The fourth-order valence-corrected chi connectivity index (χ4v) is 2.55. The first-order valence-corrected chi connectivity index (χ1v) is 7.03. The van der Waals surface area contributed by atoms with Crippen LogP contribution in [0.15, 0.2) is 36.4 Å². The molecule has 1 aromatic rings. The lowest BCUT2D eigenvalue weighted by Crippen LogP contribution is -2.33. The van der Waals surface area contributed by atoms with Crippen LogP contribution in [0, 0.1) is 5.92 Å². The van der Waals surface area contributed by atoms with E-state index in [9.17, 15) is 4.79 Å². The van der Waals surface area contributed by atoms with Crippen molar-refractivity contribution in [2.24, 2.45) is 11.7 Å². The third-order valence-corrected chi connectivity index (χ3v) is 3.69. The van der Waals surface area contributed by atoms with Crippen molar-refractivity contribution >= 4 is 5.91 Å². The van der Waals surface area contributed by atoms with Gasteiger partial charge in [-0.1, -0.05) is 37.3 Å². The van der Waals surface area contributed by atoms with Crippen LogP contribution in [0.1, 0.15) is 31.4 Å². The van der Waals surface area contributed by atoms with Crippen molar-refractivity contribution in [2.75, 3.05) is 7.11 Å². The number of carbonyl (C=O) groups is 1. The summed E-state index contributed by atoms with van der Waals surface area (Å²) in [6.45, 7) is 2.05. The monoisotopic (exact) mass is 274 g/mol. The Kier molecular flexibility index (Phi) is 4.79. The number of nitrogens with one attached hydrogen (secondary N) is 1. The van der Waals surface area contributed by atoms with E-state index in [2.05, 4.69) is 5.32 Å². The van der Waals surface area contributed by atoms with E-state index in [4.69, 9.17) is 10.5 Å². The zero-order valence-corrected chi connectivity index (χ0v) is 12.0. The number of methoxy groups -OCH3 is 1. The van der Waals surface area contributed by atoms with Crippen molar-refractivity contribution in [1.29, 1.82) is 0 Å². The Balaban J connectivity index is 2.09. The Hall–Kier alpha value is -1.81. The maximum Gasteiger partial charge on any atom is 0.227 e. The summed E-state index contributed by atoms with van der Waals surface area (Å²) >= 11 is 0. The van der Waals surface area contributed by atoms with Crippen LogP contribution in [0.25, 0.3) is 0 Å². The third kappa shape index (κ3) is 3.20. The number of benzene rings is 1. The van der Waals surface area contributed by atoms with E-state index in [1.165, 1.54) is 0 Å². The van der Waals surface area contributed by atoms with Crippen LogP contribution in [0.2, 0.25) is 0 Å². The topological polar surface area (TPSA) is 64.4 Å². The lowest BCUT2D eigenvalue weighted by molar-refractivity contribution is -0.124. The highest BCUT2D eigenvalue weighted by molar-refractivity contribution is 5.81. The Labute approximate surface area is 120 Å². The van der Waals surface area contributed by atoms with Gasteiger partial charge in [0.15, 0.2) is 0 Å². The normalized spacial score (nSPS) is 22.6. The number of hydrogen-bond acceptors (Lipinski definition) is 3. The number of hydrogen-bond donors (Lipinski definition) is 2. The zero-order valence-electron chi connectivity index (χ0n) is 12.0. The van der Waals surface area contributed by atoms with Crippen LogP contribution in [-0.4, -0.2) is 19.1 Å². The molecule has 2 rings (SSSR count). The average molecular weight is 274 g/mol. The molecule has 4 nitrogen and oxygen atoms in total. The molecule has 20 heavy (non-hydrogen) atoms. The molecule has 3 unspecified atom stereocenters. The summed E-state index contributed by atoms with van der Waals surface area (Å²) in [5.41, 5.74) is 6.81. The highest BCUT2D eigenvalue weighted by Crippen LogP contribution is 2.27. The molecule has 0 bridgehead atoms. The second-order valence-electron chi connectivity index (χ2n) is 5.10. The number of carbonyl (C=O) groups excluding carboxylic acids is 1. The highest BCUT2D eigenvalue weighted by atomic mass is 16.5. The van der Waals surface area contributed by atoms with Crippen molar-refractivity contribution < 1.29 is 9.53 Å². The fourth-order valence-electron chi connectivity index (χ4n) is 2.55. The molecular formula is C16H22N2O2. The predicted molar refractivity (Wildman–Crippen MR) is 79.4 cm³/mol. The van der Waals surface area contributed by atoms with Gasteiger partial charge in [-0.3, -0.25) is 4.79 Å². The van der Waals surface area contributed by atoms with Gasteiger partial charge in [0.1, 0.15) is 5.75 Å². The Morgan fingerprint density at radius 2 is 2.20 bits per heavy atom. The number of ether oxygens (including phenoxy) is 1. The van der Waals surface area contributed by atoms with Gasteiger partial charge in [0.25, 0.3) is 0 Å². The summed E-state index contributed by atoms with van der Waals surface area (Å²) in [5.74, 6) is 0.721. The summed E-state index contributed by atoms with van der Waals surface area (Å²) in [7, 11) is 1.64. The summed E-state index contributed by atoms with van der Waals surface area (Å²) in [6, 6.07) is 7.74. The summed E-state index contributed by atoms with van der Waals surface area (Å²) in [5, 5.41) is 3.09. The maximum absolute atomic E-state index is 12.3. The summed E-state index contributed by atoms with van der Waals surface area (Å²) in [6.07, 6.45) is 5.30. The van der Waals surface area contributed by atoms with E-state index in [-0.39, 0.29) is 23.9 Å². The largest absolute Gasteiger partial charge is 0.496 e. The number of amides is 1. The SMILES string of the molecule is CCC(NC(=O)C1C=CC(N)C1)c1ccccc1OC. The maximum atomic E-state index is 12.3. The van der Waals surface area contributed by atoms with Crippen LogP contribution in [0.5, 0.6) is 5.75 Å². The second-order valence-corrected chi connectivity index (χ2v) is 5.10. The number of para-hydroxylation sites is 1. The molecule has 1 amide bonds. The molecule has 3 N–H and O–H groups in total. The molecule has 0 saturated heterocycles. The minimum Gasteiger partial charge on any atom is -0.496 e. The molecule has 0 fully saturated rings. The molecule has 3 atom stereocenters. The van der Waals surface area contributed by atoms with Gasteiger partial charge in [0, 0.05) is 11.6 Å². The molecule has 0 aromatic heterocycles. The first-order valence-electron chi connectivity index (χ1n) is 7.03. The summed E-state index contributed by atoms with van der Waals surface area (Å²) in [4.78, 5) is 12.3. The first kappa shape index (κ1) is 14.6. The van der Waals surface area contributed by atoms with Crippen molar-refractivity contribution in [1.82, 2.24) is 5.32 Å². The van der Waals surface area contributed by atoms with Gasteiger partial charge in [0.2, 0.25) is 5.91 Å². The quantitative estimate of drug-likeness (QED) is 0.809. The van der Waals surface area contributed by atoms with E-state index in [1.807, 2.05) is 43.3 Å². The zero-order chi connectivity index (χ0) is 14.5. The van der Waals surface area contributed by atoms with Gasteiger partial charge in [-0.15, -0.1) is 0 Å². The Bertz CT molecular complexity index is 499. The van der Waals surface area contributed by atoms with E-state index < -0.39 is 0 Å². The average Bonchev–Trinajstić information content (AvgIpc) is 2.91. The number of nitrogens with two attached hydrogens (primary N) is 1. The highest BCUT2D eigenvalue weighted by Gasteiger charge is 2.25. The van der Waals surface area contributed by atoms with Gasteiger partial charge >= 0.3 is 0 Å². The van der Waals surface area contributed by atoms with Gasteiger partial charge in [-0.25, -0.2) is 0 Å². The van der Waals surface area contributed by atoms with Crippen molar-refractivity contribution in [3.8, 4) is 5.75 Å². The fraction of sp³-hybridized carbons (Fsp3) is 0.438. The van der Waals surface area contributed by atoms with E-state index in [0.29, 0.717) is 6.42 Å². The molecule has 0 radical (unpaired) electrons. The Morgan fingerprint density at radius 3 is 2.80 bits per heavy atom. The molecule has 0 spiro atoms. The number of rotatable bonds is 5. The third-order valence-electron chi connectivity index (χ3n) is 3.69. The lowest BCUT2D eigenvalue weighted by atomic mass is 10.0. The van der Waals surface area contributed by atoms with Crippen molar-refractivity contribution in [3.05, 3.63) is 42.0 Å². The molecule has 108 valence electrons. The van der Waals surface area contributed by atoms with E-state index in [0.717, 1.165) is 17.7 Å². The minimum absolute atomic E-state index is 0.00270. The standard InChI is InChI=1S/C16H22N2O2/c1-3-14(13-6-4-5-7-15(13)20-2)18-16(19)11-8-9-12(17)10-11/h4-9,11-12,14H,3,10,17H2,1-2H3,(H,18,19). The lowest BCUT2D eigenvalue weighted by Gasteiger charge is -2.21. The van der Waals surface area contributed by atoms with Crippen LogP contribution in [-0.2, 0) is 4.79 Å². The smallest absolute Gasteiger partial charge is 0.227 e. The molecule has 4 heteroatoms. The van der Waals surface area contributed by atoms with E-state index >= 15 is 0 Å². The predicted octanol–water partition coefficient (Wildman–Crippen LogP) is 2.17. The van der Waals surface area contributed by atoms with Gasteiger partial charge in [-0.05, 0) is 18.9 Å². The van der Waals surface area contributed by atoms with Crippen molar-refractivity contribution in [2.45, 2.75) is 31.8 Å². The molecule has 1 aliphatic rings. The minimum atomic E-state index is -0.117. The molecule has 0 heterocycles. The van der Waals surface area contributed by atoms with Crippen molar-refractivity contribution in [3.63, 3.8) is 0 Å². The van der Waals surface area contributed by atoms with Gasteiger partial charge in [-0.2, -0.15) is 0 Å². The van der Waals surface area contributed by atoms with Gasteiger partial charge < -0.3 is 15.8 Å². The van der Waals surface area contributed by atoms with Crippen LogP contribution >= 0.6 is 0 Å². The van der Waals surface area contributed by atoms with Crippen LogP contribution in [0.4, 0.5) is 0 Å². The molecular weight excluding hydrogens is 252 g/mol. The molecule has 1 aromatic carbocycles. The van der Waals surface area contributed by atoms with Gasteiger partial charge in [0.05, 0.1) is 19.1 Å². The second kappa shape index (κ2) is 6.57. The Morgan fingerprint density at radius 1 is 1.45 bits per heavy atom. The molecule has 0 saturated carbocycles. The first-order chi connectivity index (χ1) is 9.65.